The Bertz CT molecular complexity index is 625. The number of ether oxygens (including phenoxy) is 3. The molecule has 0 saturated heterocycles. The van der Waals surface area contributed by atoms with Gasteiger partial charge in [-0.25, -0.2) is 9.69 Å². The van der Waals surface area contributed by atoms with Gasteiger partial charge in [-0.05, 0) is 36.4 Å². The van der Waals surface area contributed by atoms with Gasteiger partial charge in [-0.2, -0.15) is 11.8 Å². The van der Waals surface area contributed by atoms with E-state index < -0.39 is 24.5 Å². The van der Waals surface area contributed by atoms with Crippen molar-refractivity contribution in [2.24, 2.45) is 0 Å². The van der Waals surface area contributed by atoms with Gasteiger partial charge in [-0.3, -0.25) is 4.79 Å². The van der Waals surface area contributed by atoms with E-state index in [1.54, 1.807) is 18.7 Å². The van der Waals surface area contributed by atoms with Crippen LogP contribution in [0.1, 0.15) is 27.2 Å². The van der Waals surface area contributed by atoms with Crippen molar-refractivity contribution in [3.8, 4) is 11.5 Å². The molecule has 0 saturated carbocycles. The Morgan fingerprint density at radius 2 is 1.75 bits per heavy atom. The average Bonchev–Trinajstić information content (AvgIpc) is 2.61. The molecule has 158 valence electrons. The van der Waals surface area contributed by atoms with Gasteiger partial charge in [0.05, 0.1) is 0 Å². The Morgan fingerprint density at radius 3 is 2.25 bits per heavy atom. The first-order valence-electron chi connectivity index (χ1n) is 8.71. The summed E-state index contributed by atoms with van der Waals surface area (Å²) in [6, 6.07) is 4.89. The van der Waals surface area contributed by atoms with Gasteiger partial charge >= 0.3 is 12.5 Å². The second kappa shape index (κ2) is 11.7. The number of benzene rings is 1. The number of imide groups is 1. The fourth-order valence-corrected chi connectivity index (χ4v) is 2.65. The summed E-state index contributed by atoms with van der Waals surface area (Å²) in [7, 11) is 0. The Hall–Kier alpha value is -2.10. The second-order valence-corrected chi connectivity index (χ2v) is 7.01. The van der Waals surface area contributed by atoms with E-state index in [-0.39, 0.29) is 18.9 Å². The molecule has 1 aromatic carbocycles. The number of hydrogen-bond acceptors (Lipinski definition) is 6. The third-order valence-corrected chi connectivity index (χ3v) is 4.36. The van der Waals surface area contributed by atoms with Crippen LogP contribution in [0.4, 0.5) is 18.0 Å². The number of carbonyl (C=O) groups is 2. The first-order valence-corrected chi connectivity index (χ1v) is 9.86. The van der Waals surface area contributed by atoms with Crippen LogP contribution in [-0.4, -0.2) is 54.0 Å². The van der Waals surface area contributed by atoms with Gasteiger partial charge in [-0.1, -0.05) is 13.8 Å². The number of hydrogen-bond donors (Lipinski definition) is 0. The minimum absolute atomic E-state index is 0.00281. The summed E-state index contributed by atoms with van der Waals surface area (Å²) in [6.07, 6.45) is -5.67. The monoisotopic (exact) mass is 423 g/mol. The van der Waals surface area contributed by atoms with E-state index in [1.807, 2.05) is 6.92 Å². The molecule has 10 heteroatoms. The van der Waals surface area contributed by atoms with Crippen molar-refractivity contribution in [1.82, 2.24) is 4.90 Å². The molecule has 0 N–H and O–H groups in total. The van der Waals surface area contributed by atoms with Crippen molar-refractivity contribution in [3.05, 3.63) is 24.3 Å². The number of amides is 2. The highest BCUT2D eigenvalue weighted by Crippen LogP contribution is 2.24. The molecule has 28 heavy (non-hydrogen) atoms. The molecule has 0 aliphatic rings. The van der Waals surface area contributed by atoms with Gasteiger partial charge in [0, 0.05) is 19.2 Å². The molecule has 2 amide bonds. The first-order chi connectivity index (χ1) is 13.2. The number of alkyl halides is 3. The predicted octanol–water partition coefficient (Wildman–Crippen LogP) is 4.48. The lowest BCUT2D eigenvalue weighted by molar-refractivity contribution is -0.274. The molecular formula is C18H24F3NO5S. The molecule has 0 fully saturated rings. The molecule has 0 aliphatic carbocycles. The van der Waals surface area contributed by atoms with Crippen LogP contribution in [0, 0.1) is 0 Å². The molecule has 0 bridgehead atoms. The van der Waals surface area contributed by atoms with Crippen LogP contribution in [0.3, 0.4) is 0 Å². The zero-order valence-electron chi connectivity index (χ0n) is 16.0. The minimum Gasteiger partial charge on any atom is -0.490 e. The number of halogens is 3. The fraction of sp³-hybridized carbons (Fsp3) is 0.556. The summed E-state index contributed by atoms with van der Waals surface area (Å²) in [5, 5.41) is 0. The Labute approximate surface area is 166 Å². The van der Waals surface area contributed by atoms with Crippen LogP contribution in [0.2, 0.25) is 0 Å². The predicted molar refractivity (Wildman–Crippen MR) is 99.6 cm³/mol. The third kappa shape index (κ3) is 9.20. The van der Waals surface area contributed by atoms with Crippen LogP contribution in [0.5, 0.6) is 11.5 Å². The summed E-state index contributed by atoms with van der Waals surface area (Å²) in [6.45, 7) is 5.31. The maximum absolute atomic E-state index is 12.2. The highest BCUT2D eigenvalue weighted by atomic mass is 32.2. The van der Waals surface area contributed by atoms with Crippen molar-refractivity contribution < 1.29 is 37.0 Å². The summed E-state index contributed by atoms with van der Waals surface area (Å²) in [5.74, 6) is 1.02. The molecule has 1 unspecified atom stereocenters. The Balaban J connectivity index is 2.56. The molecule has 1 aromatic rings. The van der Waals surface area contributed by atoms with E-state index in [2.05, 4.69) is 4.74 Å². The Kier molecular flexibility index (Phi) is 9.98. The van der Waals surface area contributed by atoms with Gasteiger partial charge in [0.2, 0.25) is 5.91 Å². The highest BCUT2D eigenvalue weighted by molar-refractivity contribution is 7.99. The number of rotatable bonds is 10. The van der Waals surface area contributed by atoms with E-state index in [9.17, 15) is 22.8 Å². The molecular weight excluding hydrogens is 399 g/mol. The van der Waals surface area contributed by atoms with Crippen molar-refractivity contribution in [2.75, 3.05) is 24.7 Å². The SMILES string of the molecule is CCSCCN(C(C)=O)C(=O)OC(CC)COc1ccc(OC(F)(F)F)cc1. The average molecular weight is 423 g/mol. The summed E-state index contributed by atoms with van der Waals surface area (Å²) in [5.41, 5.74) is 0. The van der Waals surface area contributed by atoms with E-state index in [1.165, 1.54) is 19.1 Å². The molecule has 0 radical (unpaired) electrons. The van der Waals surface area contributed by atoms with Crippen LogP contribution >= 0.6 is 11.8 Å². The molecule has 6 nitrogen and oxygen atoms in total. The summed E-state index contributed by atoms with van der Waals surface area (Å²) >= 11 is 1.60. The minimum atomic E-state index is -4.76. The summed E-state index contributed by atoms with van der Waals surface area (Å²) < 4.78 is 51.0. The largest absolute Gasteiger partial charge is 0.573 e. The topological polar surface area (TPSA) is 65.1 Å². The lowest BCUT2D eigenvalue weighted by Gasteiger charge is -2.23. The second-order valence-electron chi connectivity index (χ2n) is 5.61. The van der Waals surface area contributed by atoms with Crippen LogP contribution < -0.4 is 9.47 Å². The smallest absolute Gasteiger partial charge is 0.490 e. The van der Waals surface area contributed by atoms with E-state index in [0.717, 1.165) is 22.8 Å². The third-order valence-electron chi connectivity index (χ3n) is 3.48. The fourth-order valence-electron chi connectivity index (χ4n) is 2.05. The van der Waals surface area contributed by atoms with Gasteiger partial charge in [0.1, 0.15) is 24.2 Å². The maximum atomic E-state index is 12.2. The normalized spacial score (nSPS) is 12.2. The van der Waals surface area contributed by atoms with Crippen molar-refractivity contribution in [2.45, 2.75) is 39.7 Å². The van der Waals surface area contributed by atoms with E-state index >= 15 is 0 Å². The maximum Gasteiger partial charge on any atom is 0.573 e. The van der Waals surface area contributed by atoms with E-state index in [0.29, 0.717) is 17.9 Å². The molecule has 0 heterocycles. The standard InChI is InChI=1S/C18H24F3NO5S/c1-4-14(26-17(24)22(13(3)23)10-11-28-5-2)12-25-15-6-8-16(9-7-15)27-18(19,20)21/h6-9,14H,4-5,10-12H2,1-3H3. The Morgan fingerprint density at radius 1 is 1.14 bits per heavy atom. The zero-order valence-corrected chi connectivity index (χ0v) is 16.8. The van der Waals surface area contributed by atoms with Crippen molar-refractivity contribution >= 4 is 23.8 Å². The van der Waals surface area contributed by atoms with Gasteiger partial charge in [0.25, 0.3) is 0 Å². The summed E-state index contributed by atoms with van der Waals surface area (Å²) in [4.78, 5) is 24.9. The number of carbonyl (C=O) groups excluding carboxylic acids is 2. The quantitative estimate of drug-likeness (QED) is 0.517. The number of thioether (sulfide) groups is 1. The molecule has 0 spiro atoms. The lowest BCUT2D eigenvalue weighted by Crippen LogP contribution is -2.40. The number of nitrogens with zero attached hydrogens (tertiary/aromatic N) is 1. The van der Waals surface area contributed by atoms with Gasteiger partial charge in [0.15, 0.2) is 0 Å². The molecule has 1 rings (SSSR count). The van der Waals surface area contributed by atoms with E-state index in [4.69, 9.17) is 9.47 Å². The van der Waals surface area contributed by atoms with Crippen LogP contribution in [0.15, 0.2) is 24.3 Å². The lowest BCUT2D eigenvalue weighted by atomic mass is 10.3. The molecule has 0 aliphatic heterocycles. The van der Waals surface area contributed by atoms with Crippen molar-refractivity contribution in [1.29, 1.82) is 0 Å². The zero-order chi connectivity index (χ0) is 21.2. The van der Waals surface area contributed by atoms with Gasteiger partial charge < -0.3 is 14.2 Å². The molecule has 1 atom stereocenters. The van der Waals surface area contributed by atoms with Crippen molar-refractivity contribution in [3.63, 3.8) is 0 Å². The molecule has 0 aromatic heterocycles. The highest BCUT2D eigenvalue weighted by Gasteiger charge is 2.31. The van der Waals surface area contributed by atoms with Crippen LogP contribution in [-0.2, 0) is 9.53 Å². The van der Waals surface area contributed by atoms with Crippen LogP contribution in [0.25, 0.3) is 0 Å². The van der Waals surface area contributed by atoms with Gasteiger partial charge in [-0.15, -0.1) is 13.2 Å². The first kappa shape index (κ1) is 23.9.